The van der Waals surface area contributed by atoms with Crippen molar-refractivity contribution in [1.82, 2.24) is 0 Å². The van der Waals surface area contributed by atoms with Gasteiger partial charge in [0.1, 0.15) is 0 Å². The monoisotopic (exact) mass is 252 g/mol. The van der Waals surface area contributed by atoms with Gasteiger partial charge in [0.25, 0.3) is 0 Å². The average Bonchev–Trinajstić information content (AvgIpc) is 1.90. The van der Waals surface area contributed by atoms with Crippen LogP contribution in [0.15, 0.2) is 24.3 Å². The van der Waals surface area contributed by atoms with Crippen molar-refractivity contribution in [1.29, 1.82) is 0 Å². The topological polar surface area (TPSA) is 0 Å². The molecule has 1 rings (SSSR count). The zero-order valence-electron chi connectivity index (χ0n) is 5.48. The molecule has 0 unspecified atom stereocenters. The van der Waals surface area contributed by atoms with Gasteiger partial charge in [-0.15, -0.1) is 0 Å². The van der Waals surface area contributed by atoms with Crippen molar-refractivity contribution >= 4 is 0 Å². The first-order valence-electron chi connectivity index (χ1n) is 2.86. The van der Waals surface area contributed by atoms with Crippen molar-refractivity contribution in [3.63, 3.8) is 0 Å². The van der Waals surface area contributed by atoms with Crippen LogP contribution in [-0.2, 0) is 23.3 Å². The third-order valence-electron chi connectivity index (χ3n) is 1.20. The molecule has 0 aliphatic carbocycles. The summed E-state index contributed by atoms with van der Waals surface area (Å²) in [5.41, 5.74) is 1.23. The Balaban J connectivity index is 0.000000810. The Morgan fingerprint density at radius 2 is 1.70 bits per heavy atom. The van der Waals surface area contributed by atoms with Gasteiger partial charge in [-0.1, -0.05) is 0 Å². The molecule has 0 aromatic heterocycles. The van der Waals surface area contributed by atoms with Gasteiger partial charge in [0.15, 0.2) is 0 Å². The van der Waals surface area contributed by atoms with Crippen molar-refractivity contribution in [3.8, 4) is 0 Å². The summed E-state index contributed by atoms with van der Waals surface area (Å²) in [7, 11) is 0. The van der Waals surface area contributed by atoms with E-state index in [1.165, 1.54) is 36.0 Å². The van der Waals surface area contributed by atoms with Gasteiger partial charge in [-0.2, -0.15) is 0 Å². The second-order valence-corrected chi connectivity index (χ2v) is 2.93. The minimum absolute atomic E-state index is 0. The first kappa shape index (κ1) is 10.3. The van der Waals surface area contributed by atoms with Gasteiger partial charge in [0.05, 0.1) is 0 Å². The Hall–Kier alpha value is 0.253. The molecule has 0 radical (unpaired) electrons. The smallest absolute Gasteiger partial charge is 1.00 e. The molecule has 3 heteroatoms. The van der Waals surface area contributed by atoms with E-state index in [4.69, 9.17) is 0 Å². The summed E-state index contributed by atoms with van der Waals surface area (Å²) in [5.74, 6) is -0.146. The summed E-state index contributed by atoms with van der Waals surface area (Å²) in [6.45, 7) is 0. The van der Waals surface area contributed by atoms with E-state index in [2.05, 4.69) is 0 Å². The van der Waals surface area contributed by atoms with Crippen LogP contribution >= 0.6 is 0 Å². The number of rotatable bonds is 1. The van der Waals surface area contributed by atoms with Crippen molar-refractivity contribution in [2.24, 2.45) is 0 Å². The van der Waals surface area contributed by atoms with Crippen LogP contribution in [0, 0.1) is 5.82 Å². The zero-order chi connectivity index (χ0) is 6.69. The molecule has 0 N–H and O–H groups in total. The fourth-order valence-corrected chi connectivity index (χ4v) is 1.35. The Bertz CT molecular complexity index is 185. The molecular formula is C7H6BrFZn. The SMILES string of the molecule is Fc1ccc([CH2][Zn+])cc1.[Br-]. The fraction of sp³-hybridized carbons (Fsp3) is 0.143. The number of hydrogen-bond donors (Lipinski definition) is 0. The van der Waals surface area contributed by atoms with Crippen LogP contribution in [0.2, 0.25) is 0 Å². The summed E-state index contributed by atoms with van der Waals surface area (Å²) < 4.78 is 12.2. The second kappa shape index (κ2) is 4.98. The van der Waals surface area contributed by atoms with Crippen LogP contribution < -0.4 is 17.0 Å². The van der Waals surface area contributed by atoms with Crippen LogP contribution in [0.25, 0.3) is 0 Å². The Labute approximate surface area is 80.3 Å². The van der Waals surface area contributed by atoms with Gasteiger partial charge < -0.3 is 17.0 Å². The van der Waals surface area contributed by atoms with E-state index in [-0.39, 0.29) is 22.8 Å². The van der Waals surface area contributed by atoms with Gasteiger partial charge >= 0.3 is 63.4 Å². The maximum absolute atomic E-state index is 12.2. The molecule has 0 aliphatic heterocycles. The predicted molar refractivity (Wildman–Crippen MR) is 30.1 cm³/mol. The van der Waals surface area contributed by atoms with Gasteiger partial charge in [-0.3, -0.25) is 0 Å². The largest absolute Gasteiger partial charge is 1.00 e. The molecule has 50 valence electrons. The van der Waals surface area contributed by atoms with Gasteiger partial charge in [-0.25, -0.2) is 0 Å². The standard InChI is InChI=1S/C7H6F.BrH.Zn/c1-6-2-4-7(8)5-3-6;;/h2-5H,1H2;1H;/q;;+1/p-1. The minimum atomic E-state index is -0.146. The van der Waals surface area contributed by atoms with Crippen molar-refractivity contribution in [3.05, 3.63) is 35.6 Å². The number of halogens is 2. The molecule has 0 atom stereocenters. The minimum Gasteiger partial charge on any atom is -1.00 e. The zero-order valence-corrected chi connectivity index (χ0v) is 10.0. The van der Waals surface area contributed by atoms with Crippen molar-refractivity contribution in [2.75, 3.05) is 0 Å². The second-order valence-electron chi connectivity index (χ2n) is 1.88. The molecule has 10 heavy (non-hydrogen) atoms. The quantitative estimate of drug-likeness (QED) is 0.557. The first-order valence-corrected chi connectivity index (χ1v) is 4.96. The Kier molecular flexibility index (Phi) is 5.10. The van der Waals surface area contributed by atoms with E-state index >= 15 is 0 Å². The molecule has 0 heterocycles. The fourth-order valence-electron chi connectivity index (χ4n) is 0.651. The summed E-state index contributed by atoms with van der Waals surface area (Å²) in [5, 5.41) is 1.10. The van der Waals surface area contributed by atoms with Crippen LogP contribution in [0.4, 0.5) is 4.39 Å². The third-order valence-corrected chi connectivity index (χ3v) is 2.41. The van der Waals surface area contributed by atoms with Crippen LogP contribution in [0.1, 0.15) is 5.56 Å². The average molecular weight is 254 g/mol. The van der Waals surface area contributed by atoms with E-state index in [1.54, 1.807) is 0 Å². The van der Waals surface area contributed by atoms with E-state index in [0.717, 1.165) is 5.02 Å². The third kappa shape index (κ3) is 2.89. The number of hydrogen-bond acceptors (Lipinski definition) is 0. The number of benzene rings is 1. The van der Waals surface area contributed by atoms with Gasteiger partial charge in [-0.05, 0) is 0 Å². The molecule has 1 aromatic rings. The Morgan fingerprint density at radius 3 is 2.10 bits per heavy atom. The van der Waals surface area contributed by atoms with E-state index < -0.39 is 0 Å². The summed E-state index contributed by atoms with van der Waals surface area (Å²) in [6, 6.07) is 6.67. The van der Waals surface area contributed by atoms with Crippen LogP contribution in [-0.4, -0.2) is 0 Å². The molecule has 0 amide bonds. The van der Waals surface area contributed by atoms with E-state index in [0.29, 0.717) is 0 Å². The molecular weight excluding hydrogens is 248 g/mol. The molecule has 0 bridgehead atoms. The maximum Gasteiger partial charge on any atom is -1.00 e. The molecule has 0 saturated carbocycles. The summed E-state index contributed by atoms with van der Waals surface area (Å²) >= 11 is 1.24. The van der Waals surface area contributed by atoms with Gasteiger partial charge in [0, 0.05) is 0 Å². The van der Waals surface area contributed by atoms with Crippen LogP contribution in [0.5, 0.6) is 0 Å². The molecule has 0 fully saturated rings. The molecule has 0 nitrogen and oxygen atoms in total. The molecule has 0 saturated heterocycles. The maximum atomic E-state index is 12.2. The van der Waals surface area contributed by atoms with Crippen LogP contribution in [0.3, 0.4) is 0 Å². The first-order chi connectivity index (χ1) is 4.33. The normalized spacial score (nSPS) is 8.70. The Morgan fingerprint density at radius 1 is 1.20 bits per heavy atom. The van der Waals surface area contributed by atoms with E-state index in [9.17, 15) is 4.39 Å². The summed E-state index contributed by atoms with van der Waals surface area (Å²) in [4.78, 5) is 0. The van der Waals surface area contributed by atoms with E-state index in [1.807, 2.05) is 12.1 Å². The predicted octanol–water partition coefficient (Wildman–Crippen LogP) is -1.12. The summed E-state index contributed by atoms with van der Waals surface area (Å²) in [6.07, 6.45) is 0. The molecule has 0 spiro atoms. The van der Waals surface area contributed by atoms with Crippen molar-refractivity contribution < 1.29 is 39.7 Å². The molecule has 0 aliphatic rings. The van der Waals surface area contributed by atoms with Crippen molar-refractivity contribution in [2.45, 2.75) is 5.02 Å². The van der Waals surface area contributed by atoms with Gasteiger partial charge in [0.2, 0.25) is 0 Å². The molecule has 1 aromatic carbocycles.